The lowest BCUT2D eigenvalue weighted by Gasteiger charge is -2.05. The lowest BCUT2D eigenvalue weighted by molar-refractivity contribution is -0.152. The monoisotopic (exact) mass is 287 g/mol. The first kappa shape index (κ1) is 14.8. The molecule has 0 unspecified atom stereocenters. The summed E-state index contributed by atoms with van der Waals surface area (Å²) in [5.41, 5.74) is 2.31. The molecule has 0 aliphatic rings. The summed E-state index contributed by atoms with van der Waals surface area (Å²) >= 11 is 0. The van der Waals surface area contributed by atoms with Gasteiger partial charge in [-0.2, -0.15) is 5.10 Å². The van der Waals surface area contributed by atoms with E-state index in [-0.39, 0.29) is 6.61 Å². The fourth-order valence-corrected chi connectivity index (χ4v) is 1.84. The van der Waals surface area contributed by atoms with E-state index in [9.17, 15) is 9.59 Å². The minimum atomic E-state index is -0.911. The number of carbonyl (C=O) groups is 2. The van der Waals surface area contributed by atoms with Gasteiger partial charge in [-0.3, -0.25) is 14.8 Å². The van der Waals surface area contributed by atoms with Crippen LogP contribution in [0, 0.1) is 6.92 Å². The molecule has 0 radical (unpaired) electrons. The number of rotatable bonds is 4. The van der Waals surface area contributed by atoms with E-state index in [4.69, 9.17) is 0 Å². The summed E-state index contributed by atoms with van der Waals surface area (Å²) in [5.74, 6) is -1.41. The number of nitrogens with one attached hydrogen (secondary N) is 1. The van der Waals surface area contributed by atoms with Crippen molar-refractivity contribution in [3.63, 3.8) is 0 Å². The second kappa shape index (κ2) is 6.69. The van der Waals surface area contributed by atoms with Gasteiger partial charge in [-0.05, 0) is 25.0 Å². The average Bonchev–Trinajstić information content (AvgIpc) is 2.89. The Morgan fingerprint density at radius 3 is 2.76 bits per heavy atom. The third kappa shape index (κ3) is 3.92. The minimum absolute atomic E-state index is 0.161. The molecule has 0 atom stereocenters. The average molecular weight is 287 g/mol. The van der Waals surface area contributed by atoms with E-state index in [1.807, 2.05) is 31.2 Å². The van der Waals surface area contributed by atoms with Crippen LogP contribution in [-0.4, -0.2) is 28.3 Å². The highest BCUT2D eigenvalue weighted by Crippen LogP contribution is 2.10. The van der Waals surface area contributed by atoms with E-state index in [1.54, 1.807) is 23.9 Å². The van der Waals surface area contributed by atoms with Gasteiger partial charge in [0.15, 0.2) is 5.82 Å². The van der Waals surface area contributed by atoms with Crippen LogP contribution >= 0.6 is 0 Å². The Hall–Kier alpha value is -2.63. The molecule has 0 spiro atoms. The van der Waals surface area contributed by atoms with Gasteiger partial charge in [-0.15, -0.1) is 0 Å². The lowest BCUT2D eigenvalue weighted by atomic mass is 10.1. The number of hydrogen-bond acceptors (Lipinski definition) is 4. The predicted molar refractivity (Wildman–Crippen MR) is 77.8 cm³/mol. The Labute approximate surface area is 122 Å². The van der Waals surface area contributed by atoms with E-state index >= 15 is 0 Å². The van der Waals surface area contributed by atoms with Crippen LogP contribution in [0.15, 0.2) is 36.5 Å². The molecule has 1 aromatic heterocycles. The smallest absolute Gasteiger partial charge is 0.397 e. The standard InChI is InChI=1S/C15H17N3O3/c1-3-21-15(20)14(19)16-13-8-9-18(17-13)10-12-7-5-4-6-11(12)2/h4-9H,3,10H2,1-2H3,(H,16,17,19). The van der Waals surface area contributed by atoms with Crippen molar-refractivity contribution in [2.75, 3.05) is 11.9 Å². The number of esters is 1. The first-order valence-electron chi connectivity index (χ1n) is 6.66. The summed E-state index contributed by atoms with van der Waals surface area (Å²) in [7, 11) is 0. The molecule has 0 aliphatic heterocycles. The quantitative estimate of drug-likeness (QED) is 0.686. The number of ether oxygens (including phenoxy) is 1. The fraction of sp³-hybridized carbons (Fsp3) is 0.267. The van der Waals surface area contributed by atoms with Crippen LogP contribution in [0.2, 0.25) is 0 Å². The SMILES string of the molecule is CCOC(=O)C(=O)Nc1ccn(Cc2ccccc2C)n1. The molecule has 21 heavy (non-hydrogen) atoms. The summed E-state index contributed by atoms with van der Waals surface area (Å²) in [6.07, 6.45) is 1.74. The summed E-state index contributed by atoms with van der Waals surface area (Å²) in [6.45, 7) is 4.43. The molecule has 2 rings (SSSR count). The maximum Gasteiger partial charge on any atom is 0.397 e. The Bertz CT molecular complexity index is 649. The molecule has 110 valence electrons. The van der Waals surface area contributed by atoms with Crippen LogP contribution in [0.3, 0.4) is 0 Å². The molecule has 6 heteroatoms. The summed E-state index contributed by atoms with van der Waals surface area (Å²) in [5, 5.41) is 6.61. The zero-order valence-corrected chi connectivity index (χ0v) is 12.0. The van der Waals surface area contributed by atoms with Gasteiger partial charge in [-0.25, -0.2) is 4.79 Å². The number of carbonyl (C=O) groups excluding carboxylic acids is 2. The highest BCUT2D eigenvalue weighted by atomic mass is 16.5. The number of amides is 1. The molecule has 0 bridgehead atoms. The molecule has 1 amide bonds. The molecule has 0 fully saturated rings. The highest BCUT2D eigenvalue weighted by molar-refractivity contribution is 6.37. The number of nitrogens with zero attached hydrogens (tertiary/aromatic N) is 2. The predicted octanol–water partition coefficient (Wildman–Crippen LogP) is 1.74. The van der Waals surface area contributed by atoms with Crippen LogP contribution in [0.4, 0.5) is 5.82 Å². The second-order valence-electron chi connectivity index (χ2n) is 4.50. The molecule has 0 aliphatic carbocycles. The third-order valence-electron chi connectivity index (χ3n) is 2.94. The molecule has 1 heterocycles. The summed E-state index contributed by atoms with van der Waals surface area (Å²) < 4.78 is 6.31. The van der Waals surface area contributed by atoms with Crippen LogP contribution in [0.25, 0.3) is 0 Å². The number of aryl methyl sites for hydroxylation is 1. The van der Waals surface area contributed by atoms with Crippen LogP contribution in [0.1, 0.15) is 18.1 Å². The van der Waals surface area contributed by atoms with Crippen molar-refractivity contribution >= 4 is 17.7 Å². The summed E-state index contributed by atoms with van der Waals surface area (Å²) in [6, 6.07) is 9.63. The fourth-order valence-electron chi connectivity index (χ4n) is 1.84. The lowest BCUT2D eigenvalue weighted by Crippen LogP contribution is -2.25. The van der Waals surface area contributed by atoms with Crippen molar-refractivity contribution < 1.29 is 14.3 Å². The molecule has 6 nitrogen and oxygen atoms in total. The molecule has 1 N–H and O–H groups in total. The van der Waals surface area contributed by atoms with E-state index in [2.05, 4.69) is 15.2 Å². The highest BCUT2D eigenvalue weighted by Gasteiger charge is 2.15. The van der Waals surface area contributed by atoms with Crippen molar-refractivity contribution in [1.29, 1.82) is 0 Å². The molecule has 1 aromatic carbocycles. The van der Waals surface area contributed by atoms with Gasteiger partial charge in [0, 0.05) is 12.3 Å². The van der Waals surface area contributed by atoms with E-state index in [0.29, 0.717) is 12.4 Å². The van der Waals surface area contributed by atoms with Gasteiger partial charge in [0.25, 0.3) is 0 Å². The van der Waals surface area contributed by atoms with E-state index < -0.39 is 11.9 Å². The Kier molecular flexibility index (Phi) is 4.71. The zero-order valence-electron chi connectivity index (χ0n) is 12.0. The summed E-state index contributed by atoms with van der Waals surface area (Å²) in [4.78, 5) is 22.7. The van der Waals surface area contributed by atoms with Crippen molar-refractivity contribution in [3.05, 3.63) is 47.7 Å². The van der Waals surface area contributed by atoms with Crippen molar-refractivity contribution in [2.45, 2.75) is 20.4 Å². The maximum absolute atomic E-state index is 11.5. The van der Waals surface area contributed by atoms with E-state index in [0.717, 1.165) is 5.56 Å². The van der Waals surface area contributed by atoms with Crippen LogP contribution in [0.5, 0.6) is 0 Å². The number of hydrogen-bond donors (Lipinski definition) is 1. The van der Waals surface area contributed by atoms with Crippen molar-refractivity contribution in [2.24, 2.45) is 0 Å². The topological polar surface area (TPSA) is 73.2 Å². The van der Waals surface area contributed by atoms with Crippen molar-refractivity contribution in [3.8, 4) is 0 Å². The van der Waals surface area contributed by atoms with Gasteiger partial charge < -0.3 is 4.74 Å². The molecule has 2 aromatic rings. The Morgan fingerprint density at radius 2 is 2.05 bits per heavy atom. The Morgan fingerprint density at radius 1 is 1.29 bits per heavy atom. The maximum atomic E-state index is 11.5. The van der Waals surface area contributed by atoms with Crippen LogP contribution < -0.4 is 5.32 Å². The van der Waals surface area contributed by atoms with Crippen molar-refractivity contribution in [1.82, 2.24) is 9.78 Å². The minimum Gasteiger partial charge on any atom is -0.459 e. The largest absolute Gasteiger partial charge is 0.459 e. The molecule has 0 saturated heterocycles. The van der Waals surface area contributed by atoms with Gasteiger partial charge in [0.1, 0.15) is 0 Å². The molecule has 0 saturated carbocycles. The first-order chi connectivity index (χ1) is 10.1. The zero-order chi connectivity index (χ0) is 15.2. The first-order valence-corrected chi connectivity index (χ1v) is 6.66. The third-order valence-corrected chi connectivity index (χ3v) is 2.94. The Balaban J connectivity index is 2.00. The number of anilines is 1. The number of benzene rings is 1. The van der Waals surface area contributed by atoms with Gasteiger partial charge in [0.05, 0.1) is 13.2 Å². The normalized spacial score (nSPS) is 10.2. The van der Waals surface area contributed by atoms with Crippen LogP contribution in [-0.2, 0) is 20.9 Å². The van der Waals surface area contributed by atoms with Gasteiger partial charge in [-0.1, -0.05) is 24.3 Å². The van der Waals surface area contributed by atoms with Gasteiger partial charge in [0.2, 0.25) is 0 Å². The second-order valence-corrected chi connectivity index (χ2v) is 4.50. The van der Waals surface area contributed by atoms with Gasteiger partial charge >= 0.3 is 11.9 Å². The number of aromatic nitrogens is 2. The molecular weight excluding hydrogens is 270 g/mol. The van der Waals surface area contributed by atoms with E-state index in [1.165, 1.54) is 5.56 Å². The molecular formula is C15H17N3O3.